The third-order valence-electron chi connectivity index (χ3n) is 2.78. The molecule has 5 nitrogen and oxygen atoms in total. The highest BCUT2D eigenvalue weighted by Crippen LogP contribution is 2.26. The Kier molecular flexibility index (Phi) is 9.95. The van der Waals surface area contributed by atoms with E-state index in [0.29, 0.717) is 25.9 Å². The van der Waals surface area contributed by atoms with Crippen LogP contribution in [0.5, 0.6) is 0 Å². The standard InChI is InChI=1S/C15H23BrO5/c1-4-20-13(18)10-8-6-7-9-11-15(16,12(3)17)14(19)21-5-2/h7,9H,4-6,8,10-11H2,1-3H3/b9-7+. The number of ether oxygens (including phenoxy) is 2. The number of allylic oxidation sites excluding steroid dienone is 2. The van der Waals surface area contributed by atoms with Crippen LogP contribution in [0.25, 0.3) is 0 Å². The number of hydrogen-bond acceptors (Lipinski definition) is 5. The summed E-state index contributed by atoms with van der Waals surface area (Å²) in [5.41, 5.74) is 0. The van der Waals surface area contributed by atoms with Gasteiger partial charge < -0.3 is 9.47 Å². The van der Waals surface area contributed by atoms with Crippen LogP contribution in [-0.4, -0.2) is 35.3 Å². The van der Waals surface area contributed by atoms with Gasteiger partial charge in [0.2, 0.25) is 0 Å². The minimum atomic E-state index is -1.32. The van der Waals surface area contributed by atoms with E-state index in [9.17, 15) is 14.4 Å². The van der Waals surface area contributed by atoms with E-state index in [-0.39, 0.29) is 24.8 Å². The summed E-state index contributed by atoms with van der Waals surface area (Å²) in [6.07, 6.45) is 5.53. The lowest BCUT2D eigenvalue weighted by Crippen LogP contribution is -2.40. The quantitative estimate of drug-likeness (QED) is 0.196. The van der Waals surface area contributed by atoms with Gasteiger partial charge in [-0.05, 0) is 40.0 Å². The fourth-order valence-corrected chi connectivity index (χ4v) is 1.88. The Morgan fingerprint density at radius 2 is 1.71 bits per heavy atom. The Labute approximate surface area is 134 Å². The maximum Gasteiger partial charge on any atom is 0.330 e. The highest BCUT2D eigenvalue weighted by molar-refractivity contribution is 9.10. The van der Waals surface area contributed by atoms with E-state index in [1.807, 2.05) is 6.08 Å². The van der Waals surface area contributed by atoms with E-state index in [2.05, 4.69) is 15.9 Å². The Morgan fingerprint density at radius 3 is 2.24 bits per heavy atom. The van der Waals surface area contributed by atoms with E-state index in [0.717, 1.165) is 0 Å². The number of halogens is 1. The topological polar surface area (TPSA) is 69.7 Å². The highest BCUT2D eigenvalue weighted by Gasteiger charge is 2.41. The fraction of sp³-hybridized carbons (Fsp3) is 0.667. The number of hydrogen-bond donors (Lipinski definition) is 0. The molecular weight excluding hydrogens is 340 g/mol. The summed E-state index contributed by atoms with van der Waals surface area (Å²) in [6, 6.07) is 0. The van der Waals surface area contributed by atoms with E-state index < -0.39 is 10.3 Å². The minimum Gasteiger partial charge on any atom is -0.466 e. The molecule has 0 radical (unpaired) electrons. The zero-order valence-electron chi connectivity index (χ0n) is 12.8. The second kappa shape index (κ2) is 10.5. The van der Waals surface area contributed by atoms with Crippen LogP contribution in [0, 0.1) is 0 Å². The fourth-order valence-electron chi connectivity index (χ4n) is 1.58. The first-order chi connectivity index (χ1) is 9.88. The Bertz CT molecular complexity index is 392. The van der Waals surface area contributed by atoms with Crippen LogP contribution in [0.2, 0.25) is 0 Å². The molecule has 6 heteroatoms. The number of carbonyl (C=O) groups excluding carboxylic acids is 3. The third-order valence-corrected chi connectivity index (χ3v) is 3.99. The Morgan fingerprint density at radius 1 is 1.10 bits per heavy atom. The molecule has 0 aliphatic carbocycles. The second-order valence-electron chi connectivity index (χ2n) is 4.45. The average Bonchev–Trinajstić information content (AvgIpc) is 2.42. The van der Waals surface area contributed by atoms with E-state index in [1.165, 1.54) is 6.92 Å². The first-order valence-electron chi connectivity index (χ1n) is 7.06. The Balaban J connectivity index is 4.25. The molecule has 21 heavy (non-hydrogen) atoms. The number of rotatable bonds is 10. The maximum atomic E-state index is 11.8. The number of unbranched alkanes of at least 4 members (excludes halogenated alkanes) is 1. The predicted molar refractivity (Wildman–Crippen MR) is 83.2 cm³/mol. The molecule has 0 bridgehead atoms. The molecule has 0 aromatic heterocycles. The van der Waals surface area contributed by atoms with Crippen molar-refractivity contribution in [3.05, 3.63) is 12.2 Å². The summed E-state index contributed by atoms with van der Waals surface area (Å²) in [6.45, 7) is 5.42. The maximum absolute atomic E-state index is 11.8. The van der Waals surface area contributed by atoms with Gasteiger partial charge in [-0.25, -0.2) is 0 Å². The molecule has 0 aliphatic rings. The summed E-state index contributed by atoms with van der Waals surface area (Å²) >= 11 is 3.18. The van der Waals surface area contributed by atoms with Gasteiger partial charge in [-0.2, -0.15) is 0 Å². The first kappa shape index (κ1) is 19.8. The van der Waals surface area contributed by atoms with Crippen molar-refractivity contribution >= 4 is 33.7 Å². The van der Waals surface area contributed by atoms with Gasteiger partial charge in [0.15, 0.2) is 10.1 Å². The molecule has 120 valence electrons. The molecule has 1 unspecified atom stereocenters. The van der Waals surface area contributed by atoms with E-state index >= 15 is 0 Å². The van der Waals surface area contributed by atoms with Crippen molar-refractivity contribution in [1.29, 1.82) is 0 Å². The molecule has 0 heterocycles. The normalized spacial score (nSPS) is 13.7. The van der Waals surface area contributed by atoms with Crippen molar-refractivity contribution in [2.24, 2.45) is 0 Å². The molecule has 0 aromatic carbocycles. The third kappa shape index (κ3) is 7.41. The molecule has 1 atom stereocenters. The van der Waals surface area contributed by atoms with Gasteiger partial charge in [-0.15, -0.1) is 0 Å². The minimum absolute atomic E-state index is 0.212. The lowest BCUT2D eigenvalue weighted by Gasteiger charge is -2.20. The molecule has 0 saturated carbocycles. The molecule has 0 saturated heterocycles. The lowest BCUT2D eigenvalue weighted by molar-refractivity contribution is -0.148. The van der Waals surface area contributed by atoms with E-state index in [1.54, 1.807) is 19.9 Å². The largest absolute Gasteiger partial charge is 0.466 e. The Hall–Kier alpha value is -1.17. The first-order valence-corrected chi connectivity index (χ1v) is 7.85. The zero-order chi connectivity index (χ0) is 16.3. The van der Waals surface area contributed by atoms with Crippen LogP contribution in [0.4, 0.5) is 0 Å². The summed E-state index contributed by atoms with van der Waals surface area (Å²) in [5.74, 6) is -1.08. The van der Waals surface area contributed by atoms with E-state index in [4.69, 9.17) is 9.47 Å². The smallest absolute Gasteiger partial charge is 0.330 e. The molecule has 0 aromatic rings. The van der Waals surface area contributed by atoms with Gasteiger partial charge in [0, 0.05) is 6.42 Å². The van der Waals surface area contributed by atoms with Crippen LogP contribution in [0.15, 0.2) is 12.2 Å². The molecule has 0 N–H and O–H groups in total. The molecule has 0 spiro atoms. The van der Waals surface area contributed by atoms with Gasteiger partial charge in [0.1, 0.15) is 0 Å². The summed E-state index contributed by atoms with van der Waals surface area (Å²) in [7, 11) is 0. The number of ketones is 1. The van der Waals surface area contributed by atoms with Crippen LogP contribution >= 0.6 is 15.9 Å². The summed E-state index contributed by atoms with van der Waals surface area (Å²) in [5, 5.41) is 0. The van der Waals surface area contributed by atoms with Crippen LogP contribution in [0.1, 0.15) is 46.5 Å². The van der Waals surface area contributed by atoms with Crippen molar-refractivity contribution in [2.75, 3.05) is 13.2 Å². The number of esters is 2. The van der Waals surface area contributed by atoms with Gasteiger partial charge in [-0.3, -0.25) is 14.4 Å². The van der Waals surface area contributed by atoms with Gasteiger partial charge >= 0.3 is 11.9 Å². The molecule has 0 fully saturated rings. The van der Waals surface area contributed by atoms with Gasteiger partial charge in [0.25, 0.3) is 0 Å². The van der Waals surface area contributed by atoms with Crippen molar-refractivity contribution in [3.8, 4) is 0 Å². The van der Waals surface area contributed by atoms with Crippen LogP contribution in [-0.2, 0) is 23.9 Å². The second-order valence-corrected chi connectivity index (χ2v) is 5.80. The van der Waals surface area contributed by atoms with Gasteiger partial charge in [-0.1, -0.05) is 28.1 Å². The van der Waals surface area contributed by atoms with Crippen molar-refractivity contribution in [1.82, 2.24) is 0 Å². The molecule has 0 aliphatic heterocycles. The highest BCUT2D eigenvalue weighted by atomic mass is 79.9. The van der Waals surface area contributed by atoms with Crippen molar-refractivity contribution in [3.63, 3.8) is 0 Å². The molecule has 0 rings (SSSR count). The summed E-state index contributed by atoms with van der Waals surface area (Å²) in [4.78, 5) is 34.5. The predicted octanol–water partition coefficient (Wildman–Crippen LogP) is 2.95. The molecule has 0 amide bonds. The van der Waals surface area contributed by atoms with Crippen LogP contribution < -0.4 is 0 Å². The van der Waals surface area contributed by atoms with Gasteiger partial charge in [0.05, 0.1) is 13.2 Å². The lowest BCUT2D eigenvalue weighted by atomic mass is 10.0. The van der Waals surface area contributed by atoms with Crippen molar-refractivity contribution < 1.29 is 23.9 Å². The number of carbonyl (C=O) groups is 3. The van der Waals surface area contributed by atoms with Crippen LogP contribution in [0.3, 0.4) is 0 Å². The monoisotopic (exact) mass is 362 g/mol. The average molecular weight is 363 g/mol. The SMILES string of the molecule is CCOC(=O)CCC/C=C/CC(Br)(C(C)=O)C(=O)OCC. The molecular formula is C15H23BrO5. The van der Waals surface area contributed by atoms with Crippen molar-refractivity contribution in [2.45, 2.75) is 50.8 Å². The zero-order valence-corrected chi connectivity index (χ0v) is 14.4. The number of Topliss-reactive ketones (excluding diaryl/α,β-unsaturated/α-hetero) is 1. The summed E-state index contributed by atoms with van der Waals surface area (Å²) < 4.78 is 8.40. The number of alkyl halides is 1.